The Morgan fingerprint density at radius 2 is 1.36 bits per heavy atom. The van der Waals surface area contributed by atoms with Gasteiger partial charge in [0.15, 0.2) is 0 Å². The molecule has 0 fully saturated rings. The smallest absolute Gasteiger partial charge is 0.0702 e. The third kappa shape index (κ3) is 3.29. The zero-order valence-electron chi connectivity index (χ0n) is 22.6. The molecule has 0 spiro atoms. The lowest BCUT2D eigenvalue weighted by Gasteiger charge is -2.33. The Hall–Kier alpha value is -5.74. The summed E-state index contributed by atoms with van der Waals surface area (Å²) < 4.78 is 2.38. The standard InChI is InChI=1S/C38H24N4/c1-2-11-27(12-3-1)41-34-18-17-26(33-15-4-5-20-40-33)21-30(34)32-22-31-29-14-6-9-25-10-7-16-35(38(25)29)42(36(31)23-37(32)41)28-13-8-19-39-24-28/h1-24H. The van der Waals surface area contributed by atoms with Crippen molar-refractivity contribution in [2.24, 2.45) is 0 Å². The molecule has 3 aromatic heterocycles. The van der Waals surface area contributed by atoms with E-state index in [0.717, 1.165) is 33.8 Å². The van der Waals surface area contributed by atoms with Gasteiger partial charge in [-0.1, -0.05) is 60.7 Å². The SMILES string of the molecule is c1ccc(-n2c3ccc(-c4ccccn4)cc3c3cc4c(cc32)N(c2cccnc2)c2cccc3cccc-4c23)cc1. The van der Waals surface area contributed by atoms with E-state index in [2.05, 4.69) is 129 Å². The molecule has 8 aromatic rings. The van der Waals surface area contributed by atoms with Crippen LogP contribution in [0.1, 0.15) is 0 Å². The van der Waals surface area contributed by atoms with Crippen LogP contribution in [0, 0.1) is 0 Å². The normalized spacial score (nSPS) is 12.2. The molecule has 0 amide bonds. The summed E-state index contributed by atoms with van der Waals surface area (Å²) in [5, 5.41) is 4.91. The Morgan fingerprint density at radius 3 is 2.19 bits per heavy atom. The van der Waals surface area contributed by atoms with Crippen LogP contribution in [0.25, 0.3) is 60.6 Å². The molecule has 0 atom stereocenters. The van der Waals surface area contributed by atoms with Crippen LogP contribution in [-0.2, 0) is 0 Å². The van der Waals surface area contributed by atoms with Crippen molar-refractivity contribution in [2.45, 2.75) is 0 Å². The van der Waals surface area contributed by atoms with Crippen molar-refractivity contribution < 1.29 is 0 Å². The molecule has 1 aliphatic rings. The molecule has 1 aliphatic heterocycles. The minimum atomic E-state index is 0.972. The molecule has 0 saturated heterocycles. The van der Waals surface area contributed by atoms with Crippen molar-refractivity contribution in [2.75, 3.05) is 4.90 Å². The monoisotopic (exact) mass is 536 g/mol. The zero-order valence-corrected chi connectivity index (χ0v) is 22.6. The number of anilines is 3. The number of benzene rings is 5. The molecule has 0 saturated carbocycles. The quantitative estimate of drug-likeness (QED) is 0.225. The van der Waals surface area contributed by atoms with Gasteiger partial charge in [0.25, 0.3) is 0 Å². The van der Waals surface area contributed by atoms with Crippen molar-refractivity contribution in [3.05, 3.63) is 146 Å². The van der Waals surface area contributed by atoms with Crippen LogP contribution in [0.3, 0.4) is 0 Å². The highest BCUT2D eigenvalue weighted by Gasteiger charge is 2.28. The second-order valence-corrected chi connectivity index (χ2v) is 10.7. The lowest BCUT2D eigenvalue weighted by atomic mass is 9.90. The van der Waals surface area contributed by atoms with E-state index in [1.807, 2.05) is 36.8 Å². The van der Waals surface area contributed by atoms with Crippen LogP contribution < -0.4 is 4.90 Å². The van der Waals surface area contributed by atoms with Crippen LogP contribution >= 0.6 is 0 Å². The Kier molecular flexibility index (Phi) is 4.87. The Bertz CT molecular complexity index is 2280. The van der Waals surface area contributed by atoms with Gasteiger partial charge in [-0.3, -0.25) is 9.97 Å². The highest BCUT2D eigenvalue weighted by molar-refractivity contribution is 6.19. The molecule has 196 valence electrons. The number of nitrogens with zero attached hydrogens (tertiary/aromatic N) is 4. The minimum Gasteiger partial charge on any atom is -0.309 e. The molecule has 5 aromatic carbocycles. The van der Waals surface area contributed by atoms with Gasteiger partial charge in [-0.2, -0.15) is 0 Å². The maximum atomic E-state index is 4.65. The molecular weight excluding hydrogens is 512 g/mol. The number of fused-ring (bicyclic) bond motifs is 5. The van der Waals surface area contributed by atoms with Crippen molar-refractivity contribution in [1.29, 1.82) is 0 Å². The second-order valence-electron chi connectivity index (χ2n) is 10.7. The van der Waals surface area contributed by atoms with E-state index in [-0.39, 0.29) is 0 Å². The van der Waals surface area contributed by atoms with Gasteiger partial charge in [-0.25, -0.2) is 0 Å². The average Bonchev–Trinajstić information content (AvgIpc) is 3.38. The molecule has 0 N–H and O–H groups in total. The van der Waals surface area contributed by atoms with E-state index in [4.69, 9.17) is 0 Å². The lowest BCUT2D eigenvalue weighted by Crippen LogP contribution is -2.15. The third-order valence-corrected chi connectivity index (χ3v) is 8.42. The molecule has 9 rings (SSSR count). The average molecular weight is 537 g/mol. The van der Waals surface area contributed by atoms with E-state index in [1.165, 1.54) is 43.9 Å². The maximum absolute atomic E-state index is 4.65. The van der Waals surface area contributed by atoms with Crippen LogP contribution in [0.15, 0.2) is 146 Å². The van der Waals surface area contributed by atoms with Gasteiger partial charge in [0, 0.05) is 45.4 Å². The van der Waals surface area contributed by atoms with E-state index in [9.17, 15) is 0 Å². The van der Waals surface area contributed by atoms with Crippen molar-refractivity contribution >= 4 is 49.6 Å². The highest BCUT2D eigenvalue weighted by Crippen LogP contribution is 2.52. The molecule has 4 nitrogen and oxygen atoms in total. The number of pyridine rings is 2. The molecule has 0 aliphatic carbocycles. The van der Waals surface area contributed by atoms with E-state index < -0.39 is 0 Å². The topological polar surface area (TPSA) is 34.0 Å². The largest absolute Gasteiger partial charge is 0.309 e. The molecular formula is C38H24N4. The predicted octanol–water partition coefficient (Wildman–Crippen LogP) is 9.84. The van der Waals surface area contributed by atoms with Crippen LogP contribution in [0.2, 0.25) is 0 Å². The van der Waals surface area contributed by atoms with Gasteiger partial charge in [0.2, 0.25) is 0 Å². The van der Waals surface area contributed by atoms with Gasteiger partial charge in [0.1, 0.15) is 0 Å². The first-order valence-electron chi connectivity index (χ1n) is 14.2. The third-order valence-electron chi connectivity index (χ3n) is 8.42. The summed E-state index contributed by atoms with van der Waals surface area (Å²) in [6.07, 6.45) is 5.64. The number of hydrogen-bond donors (Lipinski definition) is 0. The Balaban J connectivity index is 1.43. The second kappa shape index (κ2) is 8.88. The maximum Gasteiger partial charge on any atom is 0.0702 e. The van der Waals surface area contributed by atoms with Crippen molar-refractivity contribution in [1.82, 2.24) is 14.5 Å². The van der Waals surface area contributed by atoms with Gasteiger partial charge in [-0.05, 0) is 77.7 Å². The van der Waals surface area contributed by atoms with Crippen molar-refractivity contribution in [3.8, 4) is 28.1 Å². The van der Waals surface area contributed by atoms with Gasteiger partial charge in [-0.15, -0.1) is 0 Å². The fourth-order valence-corrected chi connectivity index (χ4v) is 6.63. The summed E-state index contributed by atoms with van der Waals surface area (Å²) in [6.45, 7) is 0. The molecule has 0 radical (unpaired) electrons. The number of para-hydroxylation sites is 1. The van der Waals surface area contributed by atoms with Gasteiger partial charge in [0.05, 0.1) is 40.0 Å². The van der Waals surface area contributed by atoms with E-state index >= 15 is 0 Å². The summed E-state index contributed by atoms with van der Waals surface area (Å²) in [7, 11) is 0. The van der Waals surface area contributed by atoms with Gasteiger partial charge < -0.3 is 9.47 Å². The number of hydrogen-bond acceptors (Lipinski definition) is 3. The fraction of sp³-hybridized carbons (Fsp3) is 0. The molecule has 42 heavy (non-hydrogen) atoms. The number of aromatic nitrogens is 3. The molecule has 4 heterocycles. The highest BCUT2D eigenvalue weighted by atomic mass is 15.2. The molecule has 0 unspecified atom stereocenters. The van der Waals surface area contributed by atoms with Crippen molar-refractivity contribution in [3.63, 3.8) is 0 Å². The lowest BCUT2D eigenvalue weighted by molar-refractivity contribution is 1.17. The van der Waals surface area contributed by atoms with Crippen LogP contribution in [0.4, 0.5) is 17.1 Å². The van der Waals surface area contributed by atoms with Crippen LogP contribution in [0.5, 0.6) is 0 Å². The summed E-state index contributed by atoms with van der Waals surface area (Å²) in [4.78, 5) is 11.5. The fourth-order valence-electron chi connectivity index (χ4n) is 6.63. The first-order valence-corrected chi connectivity index (χ1v) is 14.2. The van der Waals surface area contributed by atoms with Crippen LogP contribution in [-0.4, -0.2) is 14.5 Å². The summed E-state index contributed by atoms with van der Waals surface area (Å²) in [6, 6.07) is 45.5. The zero-order chi connectivity index (χ0) is 27.6. The summed E-state index contributed by atoms with van der Waals surface area (Å²) >= 11 is 0. The predicted molar refractivity (Wildman–Crippen MR) is 173 cm³/mol. The Labute approximate surface area is 242 Å². The molecule has 4 heteroatoms. The minimum absolute atomic E-state index is 0.972. The first-order chi connectivity index (χ1) is 20.8. The Morgan fingerprint density at radius 1 is 0.524 bits per heavy atom. The number of rotatable bonds is 3. The van der Waals surface area contributed by atoms with Gasteiger partial charge >= 0.3 is 0 Å². The van der Waals surface area contributed by atoms with E-state index in [1.54, 1.807) is 0 Å². The van der Waals surface area contributed by atoms with E-state index in [0.29, 0.717) is 0 Å². The summed E-state index contributed by atoms with van der Waals surface area (Å²) in [5.41, 5.74) is 11.4. The summed E-state index contributed by atoms with van der Waals surface area (Å²) in [5.74, 6) is 0. The molecule has 0 bridgehead atoms. The first kappa shape index (κ1) is 23.0.